The van der Waals surface area contributed by atoms with Crippen molar-refractivity contribution in [3.63, 3.8) is 0 Å². The van der Waals surface area contributed by atoms with Gasteiger partial charge in [-0.25, -0.2) is 0 Å². The second-order valence-corrected chi connectivity index (χ2v) is 7.01. The lowest BCUT2D eigenvalue weighted by Crippen LogP contribution is -2.22. The van der Waals surface area contributed by atoms with Gasteiger partial charge in [0.25, 0.3) is 0 Å². The molecule has 28 heavy (non-hydrogen) atoms. The Hall–Kier alpha value is -2.50. The van der Waals surface area contributed by atoms with E-state index in [1.807, 2.05) is 24.3 Å². The molecule has 7 heteroatoms. The van der Waals surface area contributed by atoms with E-state index in [0.717, 1.165) is 25.2 Å². The highest BCUT2D eigenvalue weighted by atomic mass is 35.5. The Morgan fingerprint density at radius 3 is 2.11 bits per heavy atom. The summed E-state index contributed by atoms with van der Waals surface area (Å²) in [5, 5.41) is 4.99. The maximum Gasteiger partial charge on any atom is 0.218 e. The normalized spacial score (nSPS) is 10.8. The second kappa shape index (κ2) is 8.67. The van der Waals surface area contributed by atoms with Crippen molar-refractivity contribution in [1.82, 2.24) is 5.16 Å². The van der Waals surface area contributed by atoms with Crippen molar-refractivity contribution in [1.29, 1.82) is 0 Å². The largest absolute Gasteiger partial charge is 0.372 e. The van der Waals surface area contributed by atoms with Crippen LogP contribution in [0.3, 0.4) is 0 Å². The van der Waals surface area contributed by atoms with Gasteiger partial charge >= 0.3 is 0 Å². The third-order valence-electron chi connectivity index (χ3n) is 4.63. The fourth-order valence-corrected chi connectivity index (χ4v) is 3.77. The van der Waals surface area contributed by atoms with Gasteiger partial charge in [0.1, 0.15) is 11.4 Å². The molecule has 0 saturated carbocycles. The average Bonchev–Trinajstić information content (AvgIpc) is 3.06. The number of aromatic nitrogens is 1. The van der Waals surface area contributed by atoms with Gasteiger partial charge in [-0.3, -0.25) is 9.69 Å². The average molecular weight is 418 g/mol. The number of aryl methyl sites for hydroxylation is 1. The van der Waals surface area contributed by atoms with E-state index in [-0.39, 0.29) is 0 Å². The lowest BCUT2D eigenvalue weighted by molar-refractivity contribution is -0.106. The van der Waals surface area contributed by atoms with Gasteiger partial charge < -0.3 is 9.42 Å². The van der Waals surface area contributed by atoms with E-state index in [1.165, 1.54) is 4.90 Å². The first-order chi connectivity index (χ1) is 13.5. The molecule has 1 heterocycles. The van der Waals surface area contributed by atoms with Gasteiger partial charge in [0.15, 0.2) is 5.76 Å². The molecule has 3 aromatic rings. The third-order valence-corrected chi connectivity index (χ3v) is 5.26. The number of rotatable bonds is 7. The maximum absolute atomic E-state index is 12.0. The minimum atomic E-state index is 0.424. The number of carbonyl (C=O) groups is 1. The number of hydrogen-bond donors (Lipinski definition) is 0. The first-order valence-electron chi connectivity index (χ1n) is 9.02. The molecular formula is C21H21Cl2N3O2. The summed E-state index contributed by atoms with van der Waals surface area (Å²) in [7, 11) is 0. The predicted octanol–water partition coefficient (Wildman–Crippen LogP) is 6.10. The van der Waals surface area contributed by atoms with Crippen LogP contribution in [0.4, 0.5) is 17.1 Å². The monoisotopic (exact) mass is 417 g/mol. The van der Waals surface area contributed by atoms with Crippen molar-refractivity contribution in [3.05, 3.63) is 58.3 Å². The lowest BCUT2D eigenvalue weighted by Gasteiger charge is -2.23. The van der Waals surface area contributed by atoms with E-state index in [1.54, 1.807) is 25.1 Å². The van der Waals surface area contributed by atoms with Crippen LogP contribution in [-0.4, -0.2) is 24.7 Å². The second-order valence-electron chi connectivity index (χ2n) is 6.20. The predicted molar refractivity (Wildman–Crippen MR) is 115 cm³/mol. The topological polar surface area (TPSA) is 49.6 Å². The minimum absolute atomic E-state index is 0.424. The van der Waals surface area contributed by atoms with Crippen LogP contribution in [0, 0.1) is 6.92 Å². The van der Waals surface area contributed by atoms with Gasteiger partial charge in [-0.15, -0.1) is 0 Å². The van der Waals surface area contributed by atoms with Gasteiger partial charge in [0.05, 0.1) is 10.0 Å². The Balaban J connectivity index is 2.07. The van der Waals surface area contributed by atoms with Crippen molar-refractivity contribution < 1.29 is 9.32 Å². The van der Waals surface area contributed by atoms with Gasteiger partial charge in [-0.05, 0) is 57.2 Å². The van der Waals surface area contributed by atoms with E-state index in [4.69, 9.17) is 27.7 Å². The lowest BCUT2D eigenvalue weighted by atomic mass is 10.1. The van der Waals surface area contributed by atoms with Crippen LogP contribution in [0.15, 0.2) is 47.0 Å². The Morgan fingerprint density at radius 1 is 1.00 bits per heavy atom. The molecule has 0 atom stereocenters. The van der Waals surface area contributed by atoms with Crippen LogP contribution in [0.5, 0.6) is 0 Å². The summed E-state index contributed by atoms with van der Waals surface area (Å²) in [6.45, 7) is 7.78. The first-order valence-corrected chi connectivity index (χ1v) is 9.77. The van der Waals surface area contributed by atoms with Crippen LogP contribution in [-0.2, 0) is 4.79 Å². The molecule has 0 N–H and O–H groups in total. The molecule has 1 aromatic heterocycles. The zero-order valence-electron chi connectivity index (χ0n) is 15.9. The molecule has 0 spiro atoms. The third kappa shape index (κ3) is 3.73. The highest BCUT2D eigenvalue weighted by Crippen LogP contribution is 2.42. The number of benzene rings is 2. The van der Waals surface area contributed by atoms with Crippen molar-refractivity contribution in [2.75, 3.05) is 22.9 Å². The Kier molecular flexibility index (Phi) is 6.27. The molecule has 0 saturated heterocycles. The SMILES string of the molecule is CCN(CC)c1ccc(N(C=O)c2c(-c3c(Cl)cccc3Cl)noc2C)cc1. The molecule has 0 aliphatic carbocycles. The van der Waals surface area contributed by atoms with Crippen molar-refractivity contribution in [2.45, 2.75) is 20.8 Å². The molecule has 2 aromatic carbocycles. The molecule has 0 fully saturated rings. The summed E-state index contributed by atoms with van der Waals surface area (Å²) in [4.78, 5) is 15.7. The Morgan fingerprint density at radius 2 is 1.57 bits per heavy atom. The standard InChI is InChI=1S/C21H21Cl2N3O2/c1-4-25(5-2)15-9-11-16(12-10-15)26(13-27)21-14(3)28-24-20(21)19-17(22)7-6-8-18(19)23/h6-13H,4-5H2,1-3H3. The fourth-order valence-electron chi connectivity index (χ4n) is 3.19. The summed E-state index contributed by atoms with van der Waals surface area (Å²) in [6.07, 6.45) is 0.736. The van der Waals surface area contributed by atoms with E-state index < -0.39 is 0 Å². The van der Waals surface area contributed by atoms with Crippen LogP contribution >= 0.6 is 23.2 Å². The summed E-state index contributed by atoms with van der Waals surface area (Å²) >= 11 is 12.7. The summed E-state index contributed by atoms with van der Waals surface area (Å²) in [6, 6.07) is 13.0. The molecule has 0 aliphatic heterocycles. The zero-order chi connectivity index (χ0) is 20.3. The molecule has 0 bridgehead atoms. The molecular weight excluding hydrogens is 397 g/mol. The van der Waals surface area contributed by atoms with E-state index in [2.05, 4.69) is 23.9 Å². The Bertz CT molecular complexity index is 946. The minimum Gasteiger partial charge on any atom is -0.372 e. The van der Waals surface area contributed by atoms with E-state index in [9.17, 15) is 4.79 Å². The highest BCUT2D eigenvalue weighted by Gasteiger charge is 2.25. The molecule has 146 valence electrons. The van der Waals surface area contributed by atoms with Crippen molar-refractivity contribution >= 4 is 46.7 Å². The summed E-state index contributed by atoms with van der Waals surface area (Å²) in [5.41, 5.74) is 3.26. The van der Waals surface area contributed by atoms with Gasteiger partial charge in [0.2, 0.25) is 6.41 Å². The molecule has 0 radical (unpaired) electrons. The number of hydrogen-bond acceptors (Lipinski definition) is 4. The van der Waals surface area contributed by atoms with Gasteiger partial charge in [-0.1, -0.05) is 34.4 Å². The molecule has 5 nitrogen and oxygen atoms in total. The number of nitrogens with zero attached hydrogens (tertiary/aromatic N) is 3. The maximum atomic E-state index is 12.0. The number of amides is 1. The van der Waals surface area contributed by atoms with E-state index in [0.29, 0.717) is 38.4 Å². The Labute approximate surface area is 174 Å². The van der Waals surface area contributed by atoms with E-state index >= 15 is 0 Å². The molecule has 0 aliphatic rings. The molecule has 3 rings (SSSR count). The zero-order valence-corrected chi connectivity index (χ0v) is 17.5. The number of anilines is 3. The quantitative estimate of drug-likeness (QED) is 0.435. The smallest absolute Gasteiger partial charge is 0.218 e. The van der Waals surface area contributed by atoms with Gasteiger partial charge in [0, 0.05) is 30.0 Å². The summed E-state index contributed by atoms with van der Waals surface area (Å²) < 4.78 is 5.39. The first kappa shape index (κ1) is 20.2. The van der Waals surface area contributed by atoms with Crippen molar-refractivity contribution in [2.24, 2.45) is 0 Å². The number of halogens is 2. The van der Waals surface area contributed by atoms with Crippen LogP contribution in [0.25, 0.3) is 11.3 Å². The van der Waals surface area contributed by atoms with Gasteiger partial charge in [-0.2, -0.15) is 0 Å². The highest BCUT2D eigenvalue weighted by molar-refractivity contribution is 6.39. The van der Waals surface area contributed by atoms with Crippen LogP contribution < -0.4 is 9.80 Å². The molecule has 1 amide bonds. The van der Waals surface area contributed by atoms with Crippen LogP contribution in [0.1, 0.15) is 19.6 Å². The van der Waals surface area contributed by atoms with Crippen molar-refractivity contribution in [3.8, 4) is 11.3 Å². The van der Waals surface area contributed by atoms with Crippen LogP contribution in [0.2, 0.25) is 10.0 Å². The number of carbonyl (C=O) groups excluding carboxylic acids is 1. The summed E-state index contributed by atoms with van der Waals surface area (Å²) in [5.74, 6) is 0.492. The molecule has 0 unspecified atom stereocenters. The fraction of sp³-hybridized carbons (Fsp3) is 0.238.